The van der Waals surface area contributed by atoms with E-state index in [4.69, 9.17) is 4.74 Å². The molecule has 1 unspecified atom stereocenters. The van der Waals surface area contributed by atoms with Crippen LogP contribution in [0, 0.1) is 0 Å². The third-order valence-corrected chi connectivity index (χ3v) is 3.52. The Hall–Kier alpha value is -1.76. The number of nitrogens with zero attached hydrogens (tertiary/aromatic N) is 2. The molecule has 1 aliphatic heterocycles. The van der Waals surface area contributed by atoms with E-state index in [1.807, 2.05) is 12.1 Å². The zero-order valence-corrected chi connectivity index (χ0v) is 11.2. The largest absolute Gasteiger partial charge is 0.386 e. The van der Waals surface area contributed by atoms with E-state index in [0.29, 0.717) is 32.7 Å². The minimum absolute atomic E-state index is 0.404. The van der Waals surface area contributed by atoms with Crippen molar-refractivity contribution in [2.75, 3.05) is 19.8 Å². The van der Waals surface area contributed by atoms with Crippen LogP contribution in [0.3, 0.4) is 0 Å². The molecule has 0 saturated carbocycles. The predicted octanol–water partition coefficient (Wildman–Crippen LogP) is 0.713. The first kappa shape index (κ1) is 13.2. The molecule has 6 nitrogen and oxygen atoms in total. The fourth-order valence-corrected chi connectivity index (χ4v) is 2.37. The fourth-order valence-electron chi connectivity index (χ4n) is 2.37. The lowest BCUT2D eigenvalue weighted by molar-refractivity contribution is 0.0268. The summed E-state index contributed by atoms with van der Waals surface area (Å²) in [5.41, 5.74) is 2.28. The van der Waals surface area contributed by atoms with Gasteiger partial charge in [-0.25, -0.2) is 0 Å². The highest BCUT2D eigenvalue weighted by atomic mass is 16.5. The predicted molar refractivity (Wildman–Crippen MR) is 73.9 cm³/mol. The molecule has 1 aliphatic rings. The molecular formula is C14H18N4O2. The first-order chi connectivity index (χ1) is 9.77. The molecule has 6 heteroatoms. The Morgan fingerprint density at radius 3 is 3.15 bits per heavy atom. The Balaban J connectivity index is 1.63. The highest BCUT2D eigenvalue weighted by Crippen LogP contribution is 2.20. The second kappa shape index (κ2) is 5.70. The molecule has 2 aromatic rings. The van der Waals surface area contributed by atoms with Gasteiger partial charge in [0.1, 0.15) is 5.60 Å². The Morgan fingerprint density at radius 2 is 2.40 bits per heavy atom. The van der Waals surface area contributed by atoms with E-state index >= 15 is 0 Å². The second-order valence-corrected chi connectivity index (χ2v) is 5.14. The number of aliphatic hydroxyl groups is 1. The zero-order chi connectivity index (χ0) is 13.8. The minimum atomic E-state index is -0.738. The summed E-state index contributed by atoms with van der Waals surface area (Å²) in [7, 11) is 0. The van der Waals surface area contributed by atoms with E-state index in [-0.39, 0.29) is 0 Å². The molecule has 20 heavy (non-hydrogen) atoms. The van der Waals surface area contributed by atoms with E-state index in [1.165, 1.54) is 0 Å². The summed E-state index contributed by atoms with van der Waals surface area (Å²) in [6, 6.07) is 3.88. The van der Waals surface area contributed by atoms with Crippen molar-refractivity contribution < 1.29 is 9.84 Å². The standard InChI is InChI=1S/C14H18N4O2/c19-14(3-5-20-10-14)9-16-7-12-8-17-18-13(12)11-2-1-4-15-6-11/h1-2,4,6,8,16,19H,3,5,7,9-10H2,(H,17,18). The van der Waals surface area contributed by atoms with Crippen LogP contribution in [0.15, 0.2) is 30.7 Å². The van der Waals surface area contributed by atoms with Crippen molar-refractivity contribution in [3.8, 4) is 11.3 Å². The van der Waals surface area contributed by atoms with Gasteiger partial charge < -0.3 is 15.2 Å². The Morgan fingerprint density at radius 1 is 1.45 bits per heavy atom. The van der Waals surface area contributed by atoms with Crippen LogP contribution in [-0.4, -0.2) is 45.6 Å². The van der Waals surface area contributed by atoms with Gasteiger partial charge in [0.15, 0.2) is 0 Å². The second-order valence-electron chi connectivity index (χ2n) is 5.14. The van der Waals surface area contributed by atoms with Crippen molar-refractivity contribution in [1.82, 2.24) is 20.5 Å². The molecule has 1 saturated heterocycles. The van der Waals surface area contributed by atoms with Gasteiger partial charge in [-0.05, 0) is 12.1 Å². The lowest BCUT2D eigenvalue weighted by Gasteiger charge is -2.20. The van der Waals surface area contributed by atoms with E-state index in [9.17, 15) is 5.11 Å². The molecule has 0 radical (unpaired) electrons. The number of hydrogen-bond acceptors (Lipinski definition) is 5. The number of pyridine rings is 1. The van der Waals surface area contributed by atoms with E-state index in [1.54, 1.807) is 18.6 Å². The van der Waals surface area contributed by atoms with Crippen molar-refractivity contribution in [1.29, 1.82) is 0 Å². The molecular weight excluding hydrogens is 256 g/mol. The Kier molecular flexibility index (Phi) is 3.77. The molecule has 1 fully saturated rings. The molecule has 0 bridgehead atoms. The molecule has 2 aromatic heterocycles. The molecule has 3 rings (SSSR count). The van der Waals surface area contributed by atoms with E-state index in [0.717, 1.165) is 16.8 Å². The maximum absolute atomic E-state index is 10.2. The van der Waals surface area contributed by atoms with Crippen LogP contribution >= 0.6 is 0 Å². The first-order valence-corrected chi connectivity index (χ1v) is 6.70. The van der Waals surface area contributed by atoms with Crippen molar-refractivity contribution in [2.45, 2.75) is 18.6 Å². The van der Waals surface area contributed by atoms with Gasteiger partial charge in [-0.3, -0.25) is 10.1 Å². The number of ether oxygens (including phenoxy) is 1. The number of aromatic amines is 1. The normalized spacial score (nSPS) is 22.2. The van der Waals surface area contributed by atoms with Gasteiger partial charge in [0, 0.05) is 49.6 Å². The highest BCUT2D eigenvalue weighted by molar-refractivity contribution is 5.61. The molecule has 0 amide bonds. The number of H-pyrrole nitrogens is 1. The summed E-state index contributed by atoms with van der Waals surface area (Å²) in [6.07, 6.45) is 6.02. The fraction of sp³-hybridized carbons (Fsp3) is 0.429. The molecule has 0 aromatic carbocycles. The molecule has 0 aliphatic carbocycles. The number of aromatic nitrogens is 3. The van der Waals surface area contributed by atoms with Crippen LogP contribution in [0.1, 0.15) is 12.0 Å². The third kappa shape index (κ3) is 2.87. The average molecular weight is 274 g/mol. The van der Waals surface area contributed by atoms with Gasteiger partial charge in [0.05, 0.1) is 18.5 Å². The van der Waals surface area contributed by atoms with Gasteiger partial charge in [-0.2, -0.15) is 5.10 Å². The van der Waals surface area contributed by atoms with Gasteiger partial charge in [-0.15, -0.1) is 0 Å². The molecule has 0 spiro atoms. The van der Waals surface area contributed by atoms with E-state index < -0.39 is 5.60 Å². The van der Waals surface area contributed by atoms with Crippen LogP contribution in [0.2, 0.25) is 0 Å². The highest BCUT2D eigenvalue weighted by Gasteiger charge is 2.31. The summed E-state index contributed by atoms with van der Waals surface area (Å²) in [6.45, 7) is 2.19. The topological polar surface area (TPSA) is 83.1 Å². The summed E-state index contributed by atoms with van der Waals surface area (Å²) in [5.74, 6) is 0. The summed E-state index contributed by atoms with van der Waals surface area (Å²) >= 11 is 0. The van der Waals surface area contributed by atoms with Crippen molar-refractivity contribution in [3.05, 3.63) is 36.3 Å². The van der Waals surface area contributed by atoms with Gasteiger partial charge in [0.2, 0.25) is 0 Å². The minimum Gasteiger partial charge on any atom is -0.386 e. The lowest BCUT2D eigenvalue weighted by atomic mass is 10.0. The summed E-state index contributed by atoms with van der Waals surface area (Å²) in [4.78, 5) is 4.11. The first-order valence-electron chi connectivity index (χ1n) is 6.70. The maximum atomic E-state index is 10.2. The van der Waals surface area contributed by atoms with Gasteiger partial charge in [0.25, 0.3) is 0 Å². The van der Waals surface area contributed by atoms with Crippen LogP contribution in [0.25, 0.3) is 11.3 Å². The zero-order valence-electron chi connectivity index (χ0n) is 11.2. The smallest absolute Gasteiger partial charge is 0.102 e. The van der Waals surface area contributed by atoms with Crippen LogP contribution < -0.4 is 5.32 Å². The summed E-state index contributed by atoms with van der Waals surface area (Å²) in [5, 5.41) is 20.5. The van der Waals surface area contributed by atoms with Crippen LogP contribution in [0.4, 0.5) is 0 Å². The Labute approximate surface area is 117 Å². The SMILES string of the molecule is OC1(CNCc2cn[nH]c2-c2cccnc2)CCOC1. The number of rotatable bonds is 5. The Bertz CT molecular complexity index is 549. The third-order valence-electron chi connectivity index (χ3n) is 3.52. The maximum Gasteiger partial charge on any atom is 0.102 e. The van der Waals surface area contributed by atoms with Gasteiger partial charge >= 0.3 is 0 Å². The van der Waals surface area contributed by atoms with Crippen LogP contribution in [0.5, 0.6) is 0 Å². The monoisotopic (exact) mass is 274 g/mol. The quantitative estimate of drug-likeness (QED) is 0.748. The molecule has 3 N–H and O–H groups in total. The summed E-state index contributed by atoms with van der Waals surface area (Å²) < 4.78 is 5.22. The number of hydrogen-bond donors (Lipinski definition) is 3. The molecule has 106 valence electrons. The van der Waals surface area contributed by atoms with Crippen molar-refractivity contribution in [2.24, 2.45) is 0 Å². The van der Waals surface area contributed by atoms with E-state index in [2.05, 4.69) is 20.5 Å². The lowest BCUT2D eigenvalue weighted by Crippen LogP contribution is -2.40. The number of nitrogens with one attached hydrogen (secondary N) is 2. The molecule has 3 heterocycles. The molecule has 1 atom stereocenters. The average Bonchev–Trinajstić information content (AvgIpc) is 3.10. The van der Waals surface area contributed by atoms with Gasteiger partial charge in [-0.1, -0.05) is 0 Å². The van der Waals surface area contributed by atoms with Crippen molar-refractivity contribution >= 4 is 0 Å². The van der Waals surface area contributed by atoms with Crippen LogP contribution in [-0.2, 0) is 11.3 Å². The van der Waals surface area contributed by atoms with Crippen molar-refractivity contribution in [3.63, 3.8) is 0 Å².